The first kappa shape index (κ1) is 12.3. The lowest BCUT2D eigenvalue weighted by Crippen LogP contribution is -2.12. The van der Waals surface area contributed by atoms with Crippen molar-refractivity contribution in [1.82, 2.24) is 0 Å². The number of rotatable bonds is 5. The molecule has 3 heteroatoms. The summed E-state index contributed by atoms with van der Waals surface area (Å²) >= 11 is 0. The lowest BCUT2D eigenvalue weighted by Gasteiger charge is -2.09. The first-order valence-electron chi connectivity index (χ1n) is 5.71. The van der Waals surface area contributed by atoms with Crippen molar-refractivity contribution in [3.8, 4) is 5.75 Å². The quantitative estimate of drug-likeness (QED) is 0.819. The topological polar surface area (TPSA) is 46.5 Å². The molecule has 0 aliphatic carbocycles. The molecule has 0 amide bonds. The van der Waals surface area contributed by atoms with Crippen molar-refractivity contribution in [2.45, 2.75) is 6.61 Å². The number of aliphatic hydroxyl groups is 1. The summed E-state index contributed by atoms with van der Waals surface area (Å²) in [5, 5.41) is 9.14. The molecule has 0 atom stereocenters. The van der Waals surface area contributed by atoms with Crippen molar-refractivity contribution in [2.24, 2.45) is 0 Å². The number of para-hydroxylation sites is 1. The fourth-order valence-electron chi connectivity index (χ4n) is 1.63. The highest BCUT2D eigenvalue weighted by molar-refractivity contribution is 5.97. The van der Waals surface area contributed by atoms with Gasteiger partial charge in [0, 0.05) is 11.1 Å². The molecule has 0 radical (unpaired) electrons. The highest BCUT2D eigenvalue weighted by Gasteiger charge is 2.07. The van der Waals surface area contributed by atoms with Crippen molar-refractivity contribution in [3.05, 3.63) is 65.7 Å². The zero-order valence-electron chi connectivity index (χ0n) is 9.87. The maximum Gasteiger partial charge on any atom is 0.200 e. The van der Waals surface area contributed by atoms with Gasteiger partial charge < -0.3 is 9.84 Å². The summed E-state index contributed by atoms with van der Waals surface area (Å²) in [6.07, 6.45) is 0. The highest BCUT2D eigenvalue weighted by atomic mass is 16.5. The van der Waals surface area contributed by atoms with Gasteiger partial charge in [0.1, 0.15) is 5.75 Å². The van der Waals surface area contributed by atoms with E-state index in [4.69, 9.17) is 9.84 Å². The number of hydrogen-bond donors (Lipinski definition) is 1. The Morgan fingerprint density at radius 3 is 2.39 bits per heavy atom. The molecule has 0 spiro atoms. The van der Waals surface area contributed by atoms with Crippen LogP contribution in [-0.2, 0) is 6.61 Å². The van der Waals surface area contributed by atoms with Crippen LogP contribution in [0.2, 0.25) is 0 Å². The maximum absolute atomic E-state index is 11.8. The number of ether oxygens (including phenoxy) is 1. The van der Waals surface area contributed by atoms with Gasteiger partial charge in [-0.1, -0.05) is 48.5 Å². The van der Waals surface area contributed by atoms with Gasteiger partial charge in [0.2, 0.25) is 0 Å². The largest absolute Gasteiger partial charge is 0.485 e. The molecule has 0 saturated heterocycles. The van der Waals surface area contributed by atoms with Crippen LogP contribution in [0, 0.1) is 0 Å². The van der Waals surface area contributed by atoms with E-state index in [0.717, 1.165) is 0 Å². The van der Waals surface area contributed by atoms with Crippen LogP contribution in [0.5, 0.6) is 5.75 Å². The van der Waals surface area contributed by atoms with Crippen LogP contribution in [0.1, 0.15) is 15.9 Å². The van der Waals surface area contributed by atoms with E-state index in [9.17, 15) is 4.79 Å². The summed E-state index contributed by atoms with van der Waals surface area (Å²) in [5.74, 6) is 0.465. The van der Waals surface area contributed by atoms with Crippen LogP contribution in [-0.4, -0.2) is 17.5 Å². The summed E-state index contributed by atoms with van der Waals surface area (Å²) in [6.45, 7) is -0.128. The van der Waals surface area contributed by atoms with E-state index in [1.54, 1.807) is 24.3 Å². The Morgan fingerprint density at radius 1 is 1.00 bits per heavy atom. The molecule has 2 rings (SSSR count). The molecule has 0 unspecified atom stereocenters. The van der Waals surface area contributed by atoms with Gasteiger partial charge in [-0.2, -0.15) is 0 Å². The smallest absolute Gasteiger partial charge is 0.200 e. The van der Waals surface area contributed by atoms with E-state index in [-0.39, 0.29) is 19.0 Å². The fourth-order valence-corrected chi connectivity index (χ4v) is 1.63. The van der Waals surface area contributed by atoms with Crippen LogP contribution in [0.15, 0.2) is 54.6 Å². The van der Waals surface area contributed by atoms with E-state index in [0.29, 0.717) is 16.9 Å². The molecule has 0 saturated carbocycles. The van der Waals surface area contributed by atoms with Gasteiger partial charge in [0.25, 0.3) is 0 Å². The van der Waals surface area contributed by atoms with Gasteiger partial charge in [-0.05, 0) is 6.07 Å². The fraction of sp³-hybridized carbons (Fsp3) is 0.133. The summed E-state index contributed by atoms with van der Waals surface area (Å²) < 4.78 is 5.43. The Kier molecular flexibility index (Phi) is 4.10. The van der Waals surface area contributed by atoms with E-state index < -0.39 is 0 Å². The van der Waals surface area contributed by atoms with Gasteiger partial charge in [0.05, 0.1) is 6.61 Å². The Balaban J connectivity index is 2.02. The molecule has 0 heterocycles. The number of benzene rings is 2. The second-order valence-electron chi connectivity index (χ2n) is 3.84. The monoisotopic (exact) mass is 242 g/mol. The molecule has 2 aromatic carbocycles. The van der Waals surface area contributed by atoms with Gasteiger partial charge in [-0.25, -0.2) is 0 Å². The number of carbonyl (C=O) groups is 1. The van der Waals surface area contributed by atoms with Crippen LogP contribution in [0.25, 0.3) is 0 Å². The molecule has 0 fully saturated rings. The zero-order valence-corrected chi connectivity index (χ0v) is 9.87. The third-order valence-corrected chi connectivity index (χ3v) is 2.60. The van der Waals surface area contributed by atoms with Crippen molar-refractivity contribution in [3.63, 3.8) is 0 Å². The Morgan fingerprint density at radius 2 is 1.67 bits per heavy atom. The molecule has 3 nitrogen and oxygen atoms in total. The summed E-state index contributed by atoms with van der Waals surface area (Å²) in [4.78, 5) is 11.8. The normalized spacial score (nSPS) is 10.1. The molecular weight excluding hydrogens is 228 g/mol. The van der Waals surface area contributed by atoms with Crippen LogP contribution in [0.4, 0.5) is 0 Å². The SMILES string of the molecule is O=C(COc1ccccc1CO)c1ccccc1. The highest BCUT2D eigenvalue weighted by Crippen LogP contribution is 2.17. The summed E-state index contributed by atoms with van der Waals surface area (Å²) in [5.41, 5.74) is 1.30. The van der Waals surface area contributed by atoms with E-state index in [2.05, 4.69) is 0 Å². The first-order chi connectivity index (χ1) is 8.81. The Hall–Kier alpha value is -2.13. The van der Waals surface area contributed by atoms with E-state index in [1.165, 1.54) is 0 Å². The molecule has 0 bridgehead atoms. The average Bonchev–Trinajstić information content (AvgIpc) is 2.46. The lowest BCUT2D eigenvalue weighted by atomic mass is 10.1. The van der Waals surface area contributed by atoms with Crippen molar-refractivity contribution >= 4 is 5.78 Å². The minimum atomic E-state index is -0.101. The summed E-state index contributed by atoms with van der Waals surface area (Å²) in [6, 6.07) is 16.1. The van der Waals surface area contributed by atoms with Gasteiger partial charge in [0.15, 0.2) is 12.4 Å². The summed E-state index contributed by atoms with van der Waals surface area (Å²) in [7, 11) is 0. The second-order valence-corrected chi connectivity index (χ2v) is 3.84. The van der Waals surface area contributed by atoms with E-state index in [1.807, 2.05) is 30.3 Å². The molecule has 18 heavy (non-hydrogen) atoms. The minimum Gasteiger partial charge on any atom is -0.485 e. The van der Waals surface area contributed by atoms with Crippen LogP contribution in [0.3, 0.4) is 0 Å². The Labute approximate surface area is 106 Å². The third-order valence-electron chi connectivity index (χ3n) is 2.60. The van der Waals surface area contributed by atoms with Gasteiger partial charge in [-0.15, -0.1) is 0 Å². The first-order valence-corrected chi connectivity index (χ1v) is 5.71. The van der Waals surface area contributed by atoms with Crippen molar-refractivity contribution < 1.29 is 14.6 Å². The van der Waals surface area contributed by atoms with Gasteiger partial charge >= 0.3 is 0 Å². The van der Waals surface area contributed by atoms with Crippen LogP contribution < -0.4 is 4.74 Å². The molecular formula is C15H14O3. The number of ketones is 1. The van der Waals surface area contributed by atoms with E-state index >= 15 is 0 Å². The minimum absolute atomic E-state index is 0.0268. The Bertz CT molecular complexity index is 520. The van der Waals surface area contributed by atoms with Gasteiger partial charge in [-0.3, -0.25) is 4.79 Å². The standard InChI is InChI=1S/C15H14O3/c16-10-13-8-4-5-9-15(13)18-11-14(17)12-6-2-1-3-7-12/h1-9,16H,10-11H2. The lowest BCUT2D eigenvalue weighted by molar-refractivity contribution is 0.0919. The molecule has 0 aliphatic heterocycles. The number of hydrogen-bond acceptors (Lipinski definition) is 3. The van der Waals surface area contributed by atoms with Crippen LogP contribution >= 0.6 is 0 Å². The molecule has 1 N–H and O–H groups in total. The number of Topliss-reactive ketones (excluding diaryl/α,β-unsaturated/α-hetero) is 1. The predicted molar refractivity (Wildman–Crippen MR) is 68.6 cm³/mol. The molecule has 2 aromatic rings. The number of carbonyl (C=O) groups excluding carboxylic acids is 1. The van der Waals surface area contributed by atoms with Crippen molar-refractivity contribution in [1.29, 1.82) is 0 Å². The van der Waals surface area contributed by atoms with Crippen molar-refractivity contribution in [2.75, 3.05) is 6.61 Å². The molecule has 92 valence electrons. The third kappa shape index (κ3) is 2.96. The zero-order chi connectivity index (χ0) is 12.8. The predicted octanol–water partition coefficient (Wildman–Crippen LogP) is 2.44. The average molecular weight is 242 g/mol. The molecule has 0 aliphatic rings. The number of aliphatic hydroxyl groups excluding tert-OH is 1. The maximum atomic E-state index is 11.8. The molecule has 0 aromatic heterocycles. The second kappa shape index (κ2) is 5.98.